The normalized spacial score (nSPS) is 11.6. The second-order valence-corrected chi connectivity index (χ2v) is 5.06. The van der Waals surface area contributed by atoms with Gasteiger partial charge in [0, 0.05) is 11.1 Å². The molecule has 1 heterocycles. The third-order valence-electron chi connectivity index (χ3n) is 3.35. The van der Waals surface area contributed by atoms with Crippen LogP contribution in [0.15, 0.2) is 24.3 Å². The molecule has 0 spiro atoms. The molecule has 0 unspecified atom stereocenters. The Kier molecular flexibility index (Phi) is 3.14. The third-order valence-corrected chi connectivity index (χ3v) is 3.35. The molecule has 0 bridgehead atoms. The van der Waals surface area contributed by atoms with Gasteiger partial charge in [0.1, 0.15) is 5.82 Å². The van der Waals surface area contributed by atoms with Crippen molar-refractivity contribution >= 4 is 5.97 Å². The van der Waals surface area contributed by atoms with Crippen molar-refractivity contribution in [1.82, 2.24) is 10.2 Å². The smallest absolute Gasteiger partial charge is 0.356 e. The monoisotopic (exact) mass is 262 g/mol. The van der Waals surface area contributed by atoms with E-state index in [0.29, 0.717) is 11.3 Å². The molecule has 4 nitrogen and oxygen atoms in total. The number of hydrogen-bond acceptors (Lipinski definition) is 2. The average Bonchev–Trinajstić information content (AvgIpc) is 2.82. The van der Waals surface area contributed by atoms with Gasteiger partial charge in [-0.1, -0.05) is 26.0 Å². The number of aromatic amines is 1. The number of H-pyrrole nitrogens is 1. The Morgan fingerprint density at radius 1 is 1.37 bits per heavy atom. The molecule has 0 amide bonds. The quantitative estimate of drug-likeness (QED) is 0.893. The summed E-state index contributed by atoms with van der Waals surface area (Å²) >= 11 is 0. The predicted molar refractivity (Wildman–Crippen MR) is 68.8 cm³/mol. The highest BCUT2D eigenvalue weighted by Gasteiger charge is 2.27. The van der Waals surface area contributed by atoms with Crippen molar-refractivity contribution < 1.29 is 14.3 Å². The van der Waals surface area contributed by atoms with Gasteiger partial charge in [-0.25, -0.2) is 9.18 Å². The number of hydrogen-bond donors (Lipinski definition) is 2. The number of carboxylic acids is 1. The van der Waals surface area contributed by atoms with Crippen LogP contribution in [0.3, 0.4) is 0 Å². The first-order valence-electron chi connectivity index (χ1n) is 5.88. The summed E-state index contributed by atoms with van der Waals surface area (Å²) in [4.78, 5) is 10.8. The lowest BCUT2D eigenvalue weighted by Crippen LogP contribution is -2.19. The maximum absolute atomic E-state index is 13.3. The molecule has 2 N–H and O–H groups in total. The van der Waals surface area contributed by atoms with E-state index in [1.807, 2.05) is 13.8 Å². The fourth-order valence-electron chi connectivity index (χ4n) is 1.94. The number of aromatic carboxylic acids is 1. The van der Waals surface area contributed by atoms with Gasteiger partial charge in [0.2, 0.25) is 0 Å². The van der Waals surface area contributed by atoms with Crippen LogP contribution in [0.4, 0.5) is 4.39 Å². The van der Waals surface area contributed by atoms with Gasteiger partial charge in [-0.05, 0) is 30.2 Å². The molecule has 1 aromatic carbocycles. The molecule has 19 heavy (non-hydrogen) atoms. The van der Waals surface area contributed by atoms with Crippen molar-refractivity contribution in [3.8, 4) is 0 Å². The molecule has 100 valence electrons. The Hall–Kier alpha value is -2.17. The van der Waals surface area contributed by atoms with Crippen LogP contribution < -0.4 is 0 Å². The number of aromatic nitrogens is 2. The fraction of sp³-hybridized carbons (Fsp3) is 0.286. The lowest BCUT2D eigenvalue weighted by molar-refractivity contribution is 0.0690. The minimum absolute atomic E-state index is 0.0260. The van der Waals surface area contributed by atoms with E-state index >= 15 is 0 Å². The Morgan fingerprint density at radius 3 is 2.58 bits per heavy atom. The summed E-state index contributed by atoms with van der Waals surface area (Å²) in [6, 6.07) is 6.38. The van der Waals surface area contributed by atoms with Crippen LogP contribution in [0, 0.1) is 12.7 Å². The highest BCUT2D eigenvalue weighted by atomic mass is 19.1. The molecule has 5 heteroatoms. The molecule has 0 fully saturated rings. The van der Waals surface area contributed by atoms with E-state index in [-0.39, 0.29) is 11.5 Å². The standard InChI is InChI=1S/C14H15FN2O2/c1-8-6-9(4-5-10(8)15)14(2,3)12-7-11(13(18)19)16-17-12/h4-7H,1-3H3,(H,16,17)(H,18,19). The van der Waals surface area contributed by atoms with Gasteiger partial charge >= 0.3 is 5.97 Å². The maximum Gasteiger partial charge on any atom is 0.356 e. The maximum atomic E-state index is 13.3. The number of aryl methyl sites for hydroxylation is 1. The fourth-order valence-corrected chi connectivity index (χ4v) is 1.94. The van der Waals surface area contributed by atoms with Gasteiger partial charge in [-0.2, -0.15) is 5.10 Å². The molecule has 0 aliphatic rings. The molecule has 0 aliphatic carbocycles. The number of nitrogens with zero attached hydrogens (tertiary/aromatic N) is 1. The largest absolute Gasteiger partial charge is 0.476 e. The first-order chi connectivity index (χ1) is 8.82. The minimum atomic E-state index is -1.08. The number of halogens is 1. The molecule has 0 aliphatic heterocycles. The zero-order valence-electron chi connectivity index (χ0n) is 11.0. The Labute approximate surface area is 110 Å². The number of benzene rings is 1. The second-order valence-electron chi connectivity index (χ2n) is 5.06. The van der Waals surface area contributed by atoms with Gasteiger partial charge in [0.25, 0.3) is 0 Å². The third kappa shape index (κ3) is 2.36. The van der Waals surface area contributed by atoms with E-state index in [1.165, 1.54) is 12.1 Å². The van der Waals surface area contributed by atoms with Crippen LogP contribution in [-0.2, 0) is 5.41 Å². The lowest BCUT2D eigenvalue weighted by Gasteiger charge is -2.24. The highest BCUT2D eigenvalue weighted by molar-refractivity contribution is 5.85. The van der Waals surface area contributed by atoms with Gasteiger partial charge in [-0.15, -0.1) is 0 Å². The van der Waals surface area contributed by atoms with E-state index in [0.717, 1.165) is 5.56 Å². The van der Waals surface area contributed by atoms with Gasteiger partial charge < -0.3 is 5.11 Å². The van der Waals surface area contributed by atoms with Crippen LogP contribution in [-0.4, -0.2) is 21.3 Å². The first kappa shape index (κ1) is 13.3. The van der Waals surface area contributed by atoms with Crippen LogP contribution in [0.5, 0.6) is 0 Å². The Morgan fingerprint density at radius 2 is 2.05 bits per heavy atom. The lowest BCUT2D eigenvalue weighted by atomic mass is 9.81. The van der Waals surface area contributed by atoms with Crippen LogP contribution in [0.25, 0.3) is 0 Å². The van der Waals surface area contributed by atoms with Crippen LogP contribution >= 0.6 is 0 Å². The van der Waals surface area contributed by atoms with E-state index in [9.17, 15) is 9.18 Å². The minimum Gasteiger partial charge on any atom is -0.476 e. The molecule has 2 rings (SSSR count). The van der Waals surface area contributed by atoms with Gasteiger partial charge in [0.15, 0.2) is 5.69 Å². The van der Waals surface area contributed by atoms with Crippen LogP contribution in [0.2, 0.25) is 0 Å². The topological polar surface area (TPSA) is 66.0 Å². The molecular formula is C14H15FN2O2. The summed E-state index contributed by atoms with van der Waals surface area (Å²) in [7, 11) is 0. The summed E-state index contributed by atoms with van der Waals surface area (Å²) in [5, 5.41) is 15.4. The molecule has 1 aromatic heterocycles. The SMILES string of the molecule is Cc1cc(C(C)(C)c2cc(C(=O)O)n[nH]2)ccc1F. The summed E-state index contributed by atoms with van der Waals surface area (Å²) in [6.07, 6.45) is 0. The summed E-state index contributed by atoms with van der Waals surface area (Å²) in [6.45, 7) is 5.56. The van der Waals surface area contributed by atoms with E-state index in [4.69, 9.17) is 5.11 Å². The number of rotatable bonds is 3. The number of nitrogens with one attached hydrogen (secondary N) is 1. The summed E-state index contributed by atoms with van der Waals surface area (Å²) in [5.41, 5.74) is 1.63. The molecule has 0 atom stereocenters. The average molecular weight is 262 g/mol. The molecule has 2 aromatic rings. The van der Waals surface area contributed by atoms with E-state index < -0.39 is 11.4 Å². The van der Waals surface area contributed by atoms with Gasteiger partial charge in [0.05, 0.1) is 0 Å². The second kappa shape index (κ2) is 4.50. The van der Waals surface area contributed by atoms with Gasteiger partial charge in [-0.3, -0.25) is 5.10 Å². The van der Waals surface area contributed by atoms with Crippen molar-refractivity contribution in [3.63, 3.8) is 0 Å². The Bertz CT molecular complexity index is 632. The predicted octanol–water partition coefficient (Wildman–Crippen LogP) is 2.88. The van der Waals surface area contributed by atoms with Crippen molar-refractivity contribution in [2.75, 3.05) is 0 Å². The summed E-state index contributed by atoms with van der Waals surface area (Å²) in [5.74, 6) is -1.33. The van der Waals surface area contributed by atoms with Crippen molar-refractivity contribution in [2.24, 2.45) is 0 Å². The molecular weight excluding hydrogens is 247 g/mol. The highest BCUT2D eigenvalue weighted by Crippen LogP contribution is 2.31. The Balaban J connectivity index is 2.45. The molecule has 0 radical (unpaired) electrons. The van der Waals surface area contributed by atoms with Crippen molar-refractivity contribution in [3.05, 3.63) is 52.6 Å². The first-order valence-corrected chi connectivity index (χ1v) is 5.88. The van der Waals surface area contributed by atoms with Crippen LogP contribution in [0.1, 0.15) is 41.2 Å². The molecule has 0 saturated carbocycles. The number of carboxylic acid groups (broad SMARTS) is 1. The van der Waals surface area contributed by atoms with Crippen molar-refractivity contribution in [2.45, 2.75) is 26.2 Å². The van der Waals surface area contributed by atoms with Crippen molar-refractivity contribution in [1.29, 1.82) is 0 Å². The summed E-state index contributed by atoms with van der Waals surface area (Å²) < 4.78 is 13.3. The zero-order chi connectivity index (χ0) is 14.2. The zero-order valence-corrected chi connectivity index (χ0v) is 11.0. The van der Waals surface area contributed by atoms with E-state index in [1.54, 1.807) is 19.1 Å². The molecule has 0 saturated heterocycles. The van der Waals surface area contributed by atoms with E-state index in [2.05, 4.69) is 10.2 Å². The number of carbonyl (C=O) groups is 1.